The van der Waals surface area contributed by atoms with Crippen molar-refractivity contribution in [2.24, 2.45) is 0 Å². The lowest BCUT2D eigenvalue weighted by Gasteiger charge is -2.32. The Labute approximate surface area is 261 Å². The fraction of sp³-hybridized carbons (Fsp3) is 0.438. The van der Waals surface area contributed by atoms with Crippen molar-refractivity contribution in [3.05, 3.63) is 82.5 Å². The Morgan fingerprint density at radius 3 is 2.59 bits per heavy atom. The van der Waals surface area contributed by atoms with E-state index in [1.54, 1.807) is 18.2 Å². The highest BCUT2D eigenvalue weighted by atomic mass is 35.5. The van der Waals surface area contributed by atoms with E-state index in [4.69, 9.17) is 31.0 Å². The van der Waals surface area contributed by atoms with Gasteiger partial charge in [-0.2, -0.15) is 0 Å². The molecule has 7 rings (SSSR count). The zero-order valence-corrected chi connectivity index (χ0v) is 25.9. The molecule has 0 bridgehead atoms. The summed E-state index contributed by atoms with van der Waals surface area (Å²) >= 11 is 5.86. The van der Waals surface area contributed by atoms with Crippen LogP contribution in [0.3, 0.4) is 0 Å². The smallest absolute Gasteiger partial charge is 0.235 e. The number of hydrogen-bond acceptors (Lipinski definition) is 7. The van der Waals surface area contributed by atoms with E-state index in [9.17, 15) is 12.8 Å². The summed E-state index contributed by atoms with van der Waals surface area (Å²) in [5.74, 6) is 1.55. The molecule has 3 aliphatic rings. The van der Waals surface area contributed by atoms with E-state index in [0.29, 0.717) is 47.6 Å². The van der Waals surface area contributed by atoms with Crippen molar-refractivity contribution in [1.29, 1.82) is 0 Å². The number of piperidine rings is 1. The second kappa shape index (κ2) is 12.3. The summed E-state index contributed by atoms with van der Waals surface area (Å²) in [6, 6.07) is 16.1. The fourth-order valence-corrected chi connectivity index (χ4v) is 8.04. The van der Waals surface area contributed by atoms with Gasteiger partial charge in [-0.1, -0.05) is 23.7 Å². The maximum Gasteiger partial charge on any atom is 0.235 e. The minimum Gasteiger partial charge on any atom is -0.473 e. The van der Waals surface area contributed by atoms with Crippen molar-refractivity contribution in [3.8, 4) is 5.88 Å². The van der Waals surface area contributed by atoms with Gasteiger partial charge in [0.1, 0.15) is 18.2 Å². The van der Waals surface area contributed by atoms with Gasteiger partial charge in [0.15, 0.2) is 0 Å². The van der Waals surface area contributed by atoms with Crippen LogP contribution >= 0.6 is 11.6 Å². The number of ether oxygens (including phenoxy) is 2. The predicted molar refractivity (Wildman–Crippen MR) is 167 cm³/mol. The number of hydrogen-bond donors (Lipinski definition) is 0. The van der Waals surface area contributed by atoms with E-state index in [2.05, 4.69) is 9.47 Å². The van der Waals surface area contributed by atoms with Gasteiger partial charge in [0.05, 0.1) is 41.7 Å². The molecular weight excluding hydrogens is 605 g/mol. The molecule has 3 aliphatic heterocycles. The van der Waals surface area contributed by atoms with Crippen LogP contribution in [0.5, 0.6) is 5.88 Å². The van der Waals surface area contributed by atoms with Crippen LogP contribution in [-0.4, -0.2) is 66.0 Å². The van der Waals surface area contributed by atoms with E-state index in [-0.39, 0.29) is 18.5 Å². The molecule has 0 spiro atoms. The molecule has 0 radical (unpaired) electrons. The van der Waals surface area contributed by atoms with Crippen molar-refractivity contribution in [2.45, 2.75) is 57.4 Å². The molecule has 0 unspecified atom stereocenters. The quantitative estimate of drug-likeness (QED) is 0.239. The molecule has 12 heteroatoms. The molecule has 232 valence electrons. The summed E-state index contributed by atoms with van der Waals surface area (Å²) in [6.07, 6.45) is 3.74. The Hall–Kier alpha value is -3.25. The molecule has 0 amide bonds. The summed E-state index contributed by atoms with van der Waals surface area (Å²) in [5, 5.41) is 0.353. The minimum atomic E-state index is -3.26. The van der Waals surface area contributed by atoms with Gasteiger partial charge in [-0.15, -0.1) is 0 Å². The van der Waals surface area contributed by atoms with Crippen LogP contribution in [0.15, 0.2) is 54.6 Å². The maximum atomic E-state index is 14.2. The Morgan fingerprint density at radius 1 is 1.02 bits per heavy atom. The van der Waals surface area contributed by atoms with E-state index < -0.39 is 15.8 Å². The number of aromatic nitrogens is 3. The first-order valence-electron chi connectivity index (χ1n) is 15.2. The highest BCUT2D eigenvalue weighted by Gasteiger charge is 2.30. The Morgan fingerprint density at radius 2 is 1.86 bits per heavy atom. The van der Waals surface area contributed by atoms with Crippen molar-refractivity contribution >= 4 is 38.3 Å². The lowest BCUT2D eigenvalue weighted by molar-refractivity contribution is -0.0592. The highest BCUT2D eigenvalue weighted by molar-refractivity contribution is 7.93. The lowest BCUT2D eigenvalue weighted by atomic mass is 9.93. The minimum absolute atomic E-state index is 0.0835. The van der Waals surface area contributed by atoms with Gasteiger partial charge in [0, 0.05) is 41.4 Å². The monoisotopic (exact) mass is 639 g/mol. The second-order valence-electron chi connectivity index (χ2n) is 11.8. The molecule has 2 aromatic heterocycles. The van der Waals surface area contributed by atoms with Gasteiger partial charge >= 0.3 is 0 Å². The largest absolute Gasteiger partial charge is 0.473 e. The average Bonchev–Trinajstić information content (AvgIpc) is 3.52. The number of anilines is 1. The van der Waals surface area contributed by atoms with Crippen LogP contribution in [0.1, 0.15) is 48.7 Å². The average molecular weight is 640 g/mol. The number of likely N-dealkylation sites (tertiary alicyclic amines) is 1. The van der Waals surface area contributed by atoms with Crippen LogP contribution in [-0.2, 0) is 34.5 Å². The Balaban J connectivity index is 1.03. The van der Waals surface area contributed by atoms with Gasteiger partial charge in [-0.05, 0) is 75.2 Å². The number of pyridine rings is 1. The third-order valence-electron chi connectivity index (χ3n) is 8.88. The summed E-state index contributed by atoms with van der Waals surface area (Å²) in [7, 11) is -3.26. The van der Waals surface area contributed by atoms with Gasteiger partial charge in [0.2, 0.25) is 15.9 Å². The normalized spacial score (nSPS) is 20.7. The zero-order valence-electron chi connectivity index (χ0n) is 24.4. The van der Waals surface area contributed by atoms with Crippen molar-refractivity contribution in [3.63, 3.8) is 0 Å². The number of imidazole rings is 1. The third-order valence-corrected chi connectivity index (χ3v) is 11.0. The molecule has 0 N–H and O–H groups in total. The molecular formula is C32H35ClFN5O4S. The number of fused-ring (bicyclic) bond motifs is 1. The molecule has 9 nitrogen and oxygen atoms in total. The van der Waals surface area contributed by atoms with Gasteiger partial charge < -0.3 is 14.0 Å². The Kier molecular flexibility index (Phi) is 8.21. The molecule has 2 aromatic carbocycles. The van der Waals surface area contributed by atoms with Crippen molar-refractivity contribution in [2.75, 3.05) is 36.3 Å². The van der Waals surface area contributed by atoms with E-state index in [1.807, 2.05) is 30.3 Å². The first kappa shape index (κ1) is 29.5. The summed E-state index contributed by atoms with van der Waals surface area (Å²) in [5.41, 5.74) is 3.92. The van der Waals surface area contributed by atoms with E-state index in [1.165, 1.54) is 10.4 Å². The molecule has 0 aliphatic carbocycles. The van der Waals surface area contributed by atoms with E-state index in [0.717, 1.165) is 68.1 Å². The molecule has 0 saturated carbocycles. The topological polar surface area (TPSA) is 89.8 Å². The number of nitrogens with zero attached hydrogens (tertiary/aromatic N) is 5. The van der Waals surface area contributed by atoms with Gasteiger partial charge in [-0.3, -0.25) is 9.21 Å². The fourth-order valence-electron chi connectivity index (χ4n) is 6.33. The van der Waals surface area contributed by atoms with Crippen molar-refractivity contribution in [1.82, 2.24) is 19.4 Å². The van der Waals surface area contributed by atoms with Crippen LogP contribution in [0, 0.1) is 5.82 Å². The highest BCUT2D eigenvalue weighted by Crippen LogP contribution is 2.32. The second-order valence-corrected chi connectivity index (χ2v) is 14.3. The van der Waals surface area contributed by atoms with Crippen LogP contribution in [0.25, 0.3) is 11.0 Å². The van der Waals surface area contributed by atoms with Crippen molar-refractivity contribution < 1.29 is 22.3 Å². The summed E-state index contributed by atoms with van der Waals surface area (Å²) < 4.78 is 54.6. The van der Waals surface area contributed by atoms with Crippen LogP contribution < -0.4 is 9.04 Å². The van der Waals surface area contributed by atoms with Gasteiger partial charge in [0.25, 0.3) is 0 Å². The third kappa shape index (κ3) is 6.15. The lowest BCUT2D eigenvalue weighted by Crippen LogP contribution is -2.35. The SMILES string of the molecule is O=S1(=O)CCCN1c1ccc2c(c1)nc(CN1CCC(c3cccc(OCc4ccc(Cl)cc4F)n3)CC1)n2C[C@@H]1CCO1. The van der Waals surface area contributed by atoms with Crippen LogP contribution in [0.2, 0.25) is 5.02 Å². The predicted octanol–water partition coefficient (Wildman–Crippen LogP) is 5.51. The number of sulfonamides is 1. The summed E-state index contributed by atoms with van der Waals surface area (Å²) in [6.45, 7) is 4.61. The molecule has 5 heterocycles. The molecule has 3 saturated heterocycles. The number of halogens is 2. The van der Waals surface area contributed by atoms with Crippen LogP contribution in [0.4, 0.5) is 10.1 Å². The molecule has 3 fully saturated rings. The molecule has 1 atom stereocenters. The van der Waals surface area contributed by atoms with Gasteiger partial charge in [-0.25, -0.2) is 22.8 Å². The first-order chi connectivity index (χ1) is 21.3. The maximum absolute atomic E-state index is 14.2. The number of benzene rings is 2. The molecule has 4 aromatic rings. The Bertz CT molecular complexity index is 1770. The van der Waals surface area contributed by atoms with E-state index >= 15 is 0 Å². The molecule has 44 heavy (non-hydrogen) atoms. The first-order valence-corrected chi connectivity index (χ1v) is 17.2. The zero-order chi connectivity index (χ0) is 30.3. The number of rotatable bonds is 9. The standard InChI is InChI=1S/C32H35ClFN5O4S/c33-24-6-5-23(27(34)17-24)21-43-32-4-1-3-28(36-32)22-9-13-37(14-10-22)20-31-35-29-18-25(39-12-2-16-44(39,40)41)7-8-30(29)38(31)19-26-11-15-42-26/h1,3-8,17-18,22,26H,2,9-16,19-21H2/t26-/m0/s1. The summed E-state index contributed by atoms with van der Waals surface area (Å²) in [4.78, 5) is 12.2.